The van der Waals surface area contributed by atoms with E-state index in [1.54, 1.807) is 0 Å². The zero-order valence-corrected chi connectivity index (χ0v) is 10.3. The molecule has 1 rings (SSSR count). The van der Waals surface area contributed by atoms with Gasteiger partial charge in [0.1, 0.15) is 6.61 Å². The zero-order chi connectivity index (χ0) is 13.5. The Hall–Kier alpha value is -1.63. The molecule has 3 amide bonds. The van der Waals surface area contributed by atoms with Crippen molar-refractivity contribution in [3.05, 3.63) is 0 Å². The standard InChI is InChI=1S/C11H18N2O5/c1-7(10(15)16)18-6-9(14)13-11(17)12-8-4-2-3-5-8/h7-8H,2-6H2,1H3,(H,15,16)(H2,12,13,14,17). The number of amides is 3. The molecule has 0 aromatic carbocycles. The predicted octanol–water partition coefficient (Wildman–Crippen LogP) is 0.245. The summed E-state index contributed by atoms with van der Waals surface area (Å²) in [6.07, 6.45) is 2.94. The Morgan fingerprint density at radius 1 is 1.33 bits per heavy atom. The fourth-order valence-electron chi connectivity index (χ4n) is 1.73. The van der Waals surface area contributed by atoms with Crippen LogP contribution in [0.4, 0.5) is 4.79 Å². The molecule has 0 aliphatic heterocycles. The van der Waals surface area contributed by atoms with Crippen molar-refractivity contribution in [2.75, 3.05) is 6.61 Å². The van der Waals surface area contributed by atoms with Gasteiger partial charge in [0.25, 0.3) is 5.91 Å². The number of nitrogens with one attached hydrogen (secondary N) is 2. The largest absolute Gasteiger partial charge is 0.479 e. The number of rotatable bonds is 5. The highest BCUT2D eigenvalue weighted by Gasteiger charge is 2.19. The second-order valence-electron chi connectivity index (χ2n) is 4.29. The number of urea groups is 1. The lowest BCUT2D eigenvalue weighted by atomic mass is 10.2. The second kappa shape index (κ2) is 6.95. The minimum atomic E-state index is -1.15. The number of imide groups is 1. The maximum absolute atomic E-state index is 11.4. The number of ether oxygens (including phenoxy) is 1. The Morgan fingerprint density at radius 3 is 2.50 bits per heavy atom. The minimum Gasteiger partial charge on any atom is -0.479 e. The van der Waals surface area contributed by atoms with E-state index >= 15 is 0 Å². The fraction of sp³-hybridized carbons (Fsp3) is 0.727. The van der Waals surface area contributed by atoms with Crippen molar-refractivity contribution in [2.45, 2.75) is 44.8 Å². The molecule has 3 N–H and O–H groups in total. The van der Waals surface area contributed by atoms with E-state index in [1.807, 2.05) is 0 Å². The average molecular weight is 258 g/mol. The van der Waals surface area contributed by atoms with E-state index in [9.17, 15) is 14.4 Å². The number of hydrogen-bond acceptors (Lipinski definition) is 4. The van der Waals surface area contributed by atoms with Gasteiger partial charge in [-0.2, -0.15) is 0 Å². The lowest BCUT2D eigenvalue weighted by Gasteiger charge is -2.12. The molecule has 0 aromatic rings. The summed E-state index contributed by atoms with van der Waals surface area (Å²) < 4.78 is 4.74. The van der Waals surface area contributed by atoms with E-state index in [1.165, 1.54) is 6.92 Å². The van der Waals surface area contributed by atoms with Crippen molar-refractivity contribution in [1.82, 2.24) is 10.6 Å². The summed E-state index contributed by atoms with van der Waals surface area (Å²) in [6, 6.07) is -0.435. The van der Waals surface area contributed by atoms with Crippen LogP contribution in [0.25, 0.3) is 0 Å². The topological polar surface area (TPSA) is 105 Å². The van der Waals surface area contributed by atoms with Crippen LogP contribution >= 0.6 is 0 Å². The SMILES string of the molecule is CC(OCC(=O)NC(=O)NC1CCCC1)C(=O)O. The first-order valence-electron chi connectivity index (χ1n) is 5.94. The third kappa shape index (κ3) is 5.13. The monoisotopic (exact) mass is 258 g/mol. The maximum Gasteiger partial charge on any atom is 0.332 e. The fourth-order valence-corrected chi connectivity index (χ4v) is 1.73. The van der Waals surface area contributed by atoms with Gasteiger partial charge < -0.3 is 15.2 Å². The molecule has 102 valence electrons. The Kier molecular flexibility index (Phi) is 5.57. The van der Waals surface area contributed by atoms with Gasteiger partial charge in [0.15, 0.2) is 6.10 Å². The van der Waals surface area contributed by atoms with Gasteiger partial charge in [-0.25, -0.2) is 9.59 Å². The summed E-state index contributed by atoms with van der Waals surface area (Å²) in [5.41, 5.74) is 0. The first-order chi connectivity index (χ1) is 8.49. The summed E-state index contributed by atoms with van der Waals surface area (Å²) in [5, 5.41) is 13.3. The molecule has 0 heterocycles. The molecule has 1 aliphatic rings. The average Bonchev–Trinajstić information content (AvgIpc) is 2.78. The van der Waals surface area contributed by atoms with Crippen LogP contribution in [0.3, 0.4) is 0 Å². The lowest BCUT2D eigenvalue weighted by molar-refractivity contribution is -0.150. The number of carboxylic acid groups (broad SMARTS) is 1. The molecule has 1 unspecified atom stereocenters. The summed E-state index contributed by atoms with van der Waals surface area (Å²) >= 11 is 0. The van der Waals surface area contributed by atoms with E-state index in [-0.39, 0.29) is 6.04 Å². The Labute approximate surface area is 105 Å². The summed E-state index contributed by atoms with van der Waals surface area (Å²) in [4.78, 5) is 33.1. The van der Waals surface area contributed by atoms with Crippen LogP contribution < -0.4 is 10.6 Å². The zero-order valence-electron chi connectivity index (χ0n) is 10.3. The van der Waals surface area contributed by atoms with Gasteiger partial charge in [-0.1, -0.05) is 12.8 Å². The molecule has 0 aromatic heterocycles. The molecule has 18 heavy (non-hydrogen) atoms. The Morgan fingerprint density at radius 2 is 1.94 bits per heavy atom. The number of carbonyl (C=O) groups excluding carboxylic acids is 2. The number of hydrogen-bond donors (Lipinski definition) is 3. The van der Waals surface area contributed by atoms with Crippen molar-refractivity contribution in [3.8, 4) is 0 Å². The highest BCUT2D eigenvalue weighted by atomic mass is 16.5. The number of carbonyl (C=O) groups is 3. The molecule has 0 saturated heterocycles. The molecule has 7 heteroatoms. The van der Waals surface area contributed by atoms with E-state index in [4.69, 9.17) is 9.84 Å². The van der Waals surface area contributed by atoms with Crippen LogP contribution in [0.15, 0.2) is 0 Å². The molecule has 1 atom stereocenters. The van der Waals surface area contributed by atoms with Crippen molar-refractivity contribution in [1.29, 1.82) is 0 Å². The van der Waals surface area contributed by atoms with Crippen molar-refractivity contribution in [2.24, 2.45) is 0 Å². The smallest absolute Gasteiger partial charge is 0.332 e. The highest BCUT2D eigenvalue weighted by molar-refractivity contribution is 5.95. The van der Waals surface area contributed by atoms with Crippen molar-refractivity contribution >= 4 is 17.9 Å². The summed E-state index contributed by atoms with van der Waals surface area (Å²) in [5.74, 6) is -1.81. The third-order valence-electron chi connectivity index (χ3n) is 2.76. The number of aliphatic carboxylic acids is 1. The molecule has 1 fully saturated rings. The van der Waals surface area contributed by atoms with Gasteiger partial charge in [0, 0.05) is 6.04 Å². The normalized spacial score (nSPS) is 17.2. The van der Waals surface area contributed by atoms with Gasteiger partial charge in [-0.05, 0) is 19.8 Å². The van der Waals surface area contributed by atoms with E-state index < -0.39 is 30.6 Å². The summed E-state index contributed by atoms with van der Waals surface area (Å²) in [6.45, 7) is 0.861. The van der Waals surface area contributed by atoms with Crippen LogP contribution in [0, 0.1) is 0 Å². The molecule has 0 spiro atoms. The third-order valence-corrected chi connectivity index (χ3v) is 2.76. The summed E-state index contributed by atoms with van der Waals surface area (Å²) in [7, 11) is 0. The molecule has 0 bridgehead atoms. The Bertz CT molecular complexity index is 325. The molecule has 0 radical (unpaired) electrons. The van der Waals surface area contributed by atoms with Gasteiger partial charge in [0.05, 0.1) is 0 Å². The first-order valence-corrected chi connectivity index (χ1v) is 5.94. The van der Waals surface area contributed by atoms with Crippen molar-refractivity contribution < 1.29 is 24.2 Å². The van der Waals surface area contributed by atoms with Crippen LogP contribution in [0.2, 0.25) is 0 Å². The van der Waals surface area contributed by atoms with Gasteiger partial charge in [0.2, 0.25) is 0 Å². The quantitative estimate of drug-likeness (QED) is 0.655. The number of carboxylic acids is 1. The molecule has 1 saturated carbocycles. The van der Waals surface area contributed by atoms with Crippen LogP contribution in [-0.4, -0.2) is 41.8 Å². The van der Waals surface area contributed by atoms with Crippen LogP contribution in [0.1, 0.15) is 32.6 Å². The van der Waals surface area contributed by atoms with Crippen LogP contribution in [0.5, 0.6) is 0 Å². The van der Waals surface area contributed by atoms with Crippen molar-refractivity contribution in [3.63, 3.8) is 0 Å². The predicted molar refractivity (Wildman–Crippen MR) is 62.0 cm³/mol. The van der Waals surface area contributed by atoms with Gasteiger partial charge in [-0.3, -0.25) is 10.1 Å². The second-order valence-corrected chi connectivity index (χ2v) is 4.29. The van der Waals surface area contributed by atoms with E-state index in [0.29, 0.717) is 0 Å². The first kappa shape index (κ1) is 14.4. The lowest BCUT2D eigenvalue weighted by Crippen LogP contribution is -2.45. The Balaban J connectivity index is 2.18. The highest BCUT2D eigenvalue weighted by Crippen LogP contribution is 2.17. The molecule has 7 nitrogen and oxygen atoms in total. The van der Waals surface area contributed by atoms with Gasteiger partial charge in [-0.15, -0.1) is 0 Å². The van der Waals surface area contributed by atoms with E-state index in [2.05, 4.69) is 10.6 Å². The maximum atomic E-state index is 11.4. The van der Waals surface area contributed by atoms with Gasteiger partial charge >= 0.3 is 12.0 Å². The molecular weight excluding hydrogens is 240 g/mol. The minimum absolute atomic E-state index is 0.122. The molecule has 1 aliphatic carbocycles. The van der Waals surface area contributed by atoms with Crippen LogP contribution in [-0.2, 0) is 14.3 Å². The van der Waals surface area contributed by atoms with E-state index in [0.717, 1.165) is 25.7 Å². The molecular formula is C11H18N2O5.